The van der Waals surface area contributed by atoms with Gasteiger partial charge in [0, 0.05) is 31.7 Å². The Hall–Kier alpha value is -2.75. The fourth-order valence-corrected chi connectivity index (χ4v) is 4.12. The van der Waals surface area contributed by atoms with Crippen LogP contribution < -0.4 is 15.1 Å². The van der Waals surface area contributed by atoms with Gasteiger partial charge in [0.1, 0.15) is 11.9 Å². The van der Waals surface area contributed by atoms with Crippen LogP contribution in [-0.4, -0.2) is 80.4 Å². The summed E-state index contributed by atoms with van der Waals surface area (Å²) in [7, 11) is 0. The van der Waals surface area contributed by atoms with E-state index in [1.165, 1.54) is 0 Å². The highest BCUT2D eigenvalue weighted by atomic mass is 16.5. The first kappa shape index (κ1) is 19.2. The number of rotatable bonds is 4. The van der Waals surface area contributed by atoms with Crippen LogP contribution in [0.2, 0.25) is 0 Å². The van der Waals surface area contributed by atoms with Crippen LogP contribution in [0.15, 0.2) is 35.3 Å². The number of nitrogens with zero attached hydrogens (tertiary/aromatic N) is 5. The van der Waals surface area contributed by atoms with Crippen LogP contribution in [0.3, 0.4) is 0 Å². The molecule has 1 aromatic carbocycles. The highest BCUT2D eigenvalue weighted by Gasteiger charge is 2.33. The zero-order chi connectivity index (χ0) is 20.3. The minimum absolute atomic E-state index is 0.101. The number of nitrogens with one attached hydrogen (secondary N) is 1. The molecule has 0 bridgehead atoms. The third-order valence-electron chi connectivity index (χ3n) is 5.68. The summed E-state index contributed by atoms with van der Waals surface area (Å²) in [5.41, 5.74) is 2.75. The molecule has 2 saturated heterocycles. The first-order valence-corrected chi connectivity index (χ1v) is 10.4. The number of fused-ring (bicyclic) bond motifs is 1. The van der Waals surface area contributed by atoms with Gasteiger partial charge >= 0.3 is 0 Å². The van der Waals surface area contributed by atoms with Crippen molar-refractivity contribution in [3.05, 3.63) is 41.5 Å². The predicted octanol–water partition coefficient (Wildman–Crippen LogP) is 1.06. The highest BCUT2D eigenvalue weighted by molar-refractivity contribution is 6.11. The molecule has 0 radical (unpaired) electrons. The van der Waals surface area contributed by atoms with Crippen molar-refractivity contribution in [2.45, 2.75) is 6.04 Å². The summed E-state index contributed by atoms with van der Waals surface area (Å²) in [6.07, 6.45) is 0. The number of aliphatic imine (C=N–C) groups is 1. The lowest BCUT2D eigenvalue weighted by Crippen LogP contribution is -2.41. The van der Waals surface area contributed by atoms with E-state index in [0.717, 1.165) is 60.5 Å². The van der Waals surface area contributed by atoms with Gasteiger partial charge in [-0.05, 0) is 0 Å². The number of morpholine rings is 2. The molecule has 0 spiro atoms. The lowest BCUT2D eigenvalue weighted by molar-refractivity contribution is 0.121. The maximum atomic E-state index is 10.3. The van der Waals surface area contributed by atoms with Crippen LogP contribution >= 0.6 is 0 Å². The minimum atomic E-state index is -0.412. The van der Waals surface area contributed by atoms with Gasteiger partial charge in [0.2, 0.25) is 0 Å². The quantitative estimate of drug-likeness (QED) is 0.773. The van der Waals surface area contributed by atoms with Crippen LogP contribution in [0.5, 0.6) is 0 Å². The Morgan fingerprint density at radius 1 is 0.900 bits per heavy atom. The smallest absolute Gasteiger partial charge is 0.175 e. The molecule has 1 aromatic heterocycles. The van der Waals surface area contributed by atoms with E-state index < -0.39 is 6.04 Å². The van der Waals surface area contributed by atoms with Crippen molar-refractivity contribution in [1.29, 1.82) is 0 Å². The van der Waals surface area contributed by atoms with Crippen LogP contribution in [0, 0.1) is 0 Å². The van der Waals surface area contributed by atoms with Gasteiger partial charge in [-0.1, -0.05) is 30.3 Å². The van der Waals surface area contributed by atoms with Gasteiger partial charge in [0.15, 0.2) is 11.6 Å². The van der Waals surface area contributed by atoms with Crippen LogP contribution in [-0.2, 0) is 9.47 Å². The topological polar surface area (TPSA) is 95.3 Å². The molecular weight excluding hydrogens is 384 g/mol. The largest absolute Gasteiger partial charge is 0.394 e. The second-order valence-electron chi connectivity index (χ2n) is 7.50. The minimum Gasteiger partial charge on any atom is -0.394 e. The van der Waals surface area contributed by atoms with Gasteiger partial charge < -0.3 is 29.7 Å². The molecule has 1 unspecified atom stereocenters. The standard InChI is InChI=1S/C21H26N6O3/c28-14-16-17-18(23-19(22-16)15-4-2-1-3-5-15)21(27-8-12-30-13-9-27)25-24-20(17)26-6-10-29-11-7-26/h1-5,16,28H,6-14H2,(H,22,23). The Morgan fingerprint density at radius 2 is 1.50 bits per heavy atom. The van der Waals surface area contributed by atoms with E-state index in [4.69, 9.17) is 14.5 Å². The number of anilines is 3. The lowest BCUT2D eigenvalue weighted by atomic mass is 10.0. The number of ether oxygens (including phenoxy) is 2. The molecule has 0 amide bonds. The SMILES string of the molecule is OCC1N=C(c2ccccc2)Nc2c(N3CCOCC3)nnc(N3CCOCC3)c21. The number of benzene rings is 1. The fraction of sp³-hybridized carbons (Fsp3) is 0.476. The van der Waals surface area contributed by atoms with Crippen LogP contribution in [0.4, 0.5) is 17.3 Å². The van der Waals surface area contributed by atoms with E-state index in [1.54, 1.807) is 0 Å². The molecule has 1 atom stereocenters. The molecule has 5 rings (SSSR count). The van der Waals surface area contributed by atoms with E-state index >= 15 is 0 Å². The summed E-state index contributed by atoms with van der Waals surface area (Å²) in [5, 5.41) is 23.0. The van der Waals surface area contributed by atoms with Gasteiger partial charge in [-0.25, -0.2) is 0 Å². The molecule has 0 saturated carbocycles. The Labute approximate surface area is 175 Å². The zero-order valence-electron chi connectivity index (χ0n) is 16.8. The van der Waals surface area contributed by atoms with Crippen LogP contribution in [0.1, 0.15) is 17.2 Å². The van der Waals surface area contributed by atoms with Crippen molar-refractivity contribution in [1.82, 2.24) is 10.2 Å². The molecule has 3 aliphatic heterocycles. The van der Waals surface area contributed by atoms with E-state index in [-0.39, 0.29) is 6.61 Å². The molecule has 30 heavy (non-hydrogen) atoms. The summed E-state index contributed by atoms with van der Waals surface area (Å²) in [4.78, 5) is 9.20. The van der Waals surface area contributed by atoms with E-state index in [0.29, 0.717) is 26.4 Å². The lowest BCUT2D eigenvalue weighted by Gasteiger charge is -2.36. The van der Waals surface area contributed by atoms with Crippen molar-refractivity contribution in [2.24, 2.45) is 4.99 Å². The van der Waals surface area contributed by atoms with Crippen molar-refractivity contribution in [2.75, 3.05) is 74.3 Å². The summed E-state index contributed by atoms with van der Waals surface area (Å²) in [6.45, 7) is 5.50. The number of hydrogen-bond acceptors (Lipinski definition) is 9. The number of aliphatic hydroxyl groups excluding tert-OH is 1. The number of aliphatic hydroxyl groups is 1. The van der Waals surface area contributed by atoms with E-state index in [1.807, 2.05) is 30.3 Å². The molecule has 9 heteroatoms. The summed E-state index contributed by atoms with van der Waals surface area (Å²) < 4.78 is 11.0. The Morgan fingerprint density at radius 3 is 2.13 bits per heavy atom. The fourth-order valence-electron chi connectivity index (χ4n) is 4.12. The first-order chi connectivity index (χ1) is 14.8. The molecule has 3 aliphatic rings. The number of amidine groups is 1. The van der Waals surface area contributed by atoms with Gasteiger partial charge in [-0.2, -0.15) is 0 Å². The molecule has 4 heterocycles. The molecule has 158 valence electrons. The maximum Gasteiger partial charge on any atom is 0.175 e. The number of aromatic nitrogens is 2. The van der Waals surface area contributed by atoms with E-state index in [2.05, 4.69) is 25.3 Å². The second-order valence-corrected chi connectivity index (χ2v) is 7.50. The van der Waals surface area contributed by atoms with E-state index in [9.17, 15) is 5.11 Å². The average Bonchev–Trinajstić information content (AvgIpc) is 2.84. The zero-order valence-corrected chi connectivity index (χ0v) is 16.8. The highest BCUT2D eigenvalue weighted by Crippen LogP contribution is 2.41. The van der Waals surface area contributed by atoms with Crippen molar-refractivity contribution < 1.29 is 14.6 Å². The molecule has 2 N–H and O–H groups in total. The van der Waals surface area contributed by atoms with Crippen molar-refractivity contribution in [3.8, 4) is 0 Å². The Bertz CT molecular complexity index is 910. The summed E-state index contributed by atoms with van der Waals surface area (Å²) >= 11 is 0. The van der Waals surface area contributed by atoms with Crippen molar-refractivity contribution >= 4 is 23.2 Å². The Balaban J connectivity index is 1.61. The molecule has 2 aromatic rings. The molecular formula is C21H26N6O3. The monoisotopic (exact) mass is 410 g/mol. The van der Waals surface area contributed by atoms with Crippen molar-refractivity contribution in [3.63, 3.8) is 0 Å². The number of hydrogen-bond donors (Lipinski definition) is 2. The Kier molecular flexibility index (Phi) is 5.48. The molecule has 0 aliphatic carbocycles. The molecule has 2 fully saturated rings. The average molecular weight is 410 g/mol. The first-order valence-electron chi connectivity index (χ1n) is 10.4. The van der Waals surface area contributed by atoms with Gasteiger partial charge in [0.25, 0.3) is 0 Å². The third kappa shape index (κ3) is 3.60. The predicted molar refractivity (Wildman–Crippen MR) is 115 cm³/mol. The normalized spacial score (nSPS) is 21.6. The van der Waals surface area contributed by atoms with Gasteiger partial charge in [-0.15, -0.1) is 10.2 Å². The summed E-state index contributed by atoms with van der Waals surface area (Å²) in [6, 6.07) is 9.55. The van der Waals surface area contributed by atoms with Gasteiger partial charge in [0.05, 0.1) is 44.3 Å². The third-order valence-corrected chi connectivity index (χ3v) is 5.68. The van der Waals surface area contributed by atoms with Gasteiger partial charge in [-0.3, -0.25) is 4.99 Å². The summed E-state index contributed by atoms with van der Waals surface area (Å²) in [5.74, 6) is 2.29. The van der Waals surface area contributed by atoms with Crippen LogP contribution in [0.25, 0.3) is 0 Å². The second kappa shape index (κ2) is 8.55. The maximum absolute atomic E-state index is 10.3. The molecule has 9 nitrogen and oxygen atoms in total.